The highest BCUT2D eigenvalue weighted by Gasteiger charge is 2.25. The number of carbonyl (C=O) groups is 1. The molecule has 3 heterocycles. The Kier molecular flexibility index (Phi) is 6.75. The van der Waals surface area contributed by atoms with Crippen LogP contribution in [0.1, 0.15) is 49.9 Å². The summed E-state index contributed by atoms with van der Waals surface area (Å²) in [5.74, 6) is 1.93. The van der Waals surface area contributed by atoms with Gasteiger partial charge in [0.15, 0.2) is 0 Å². The second-order valence-electron chi connectivity index (χ2n) is 9.16. The minimum Gasteiger partial charge on any atom is -0.348 e. The molecule has 0 bridgehead atoms. The van der Waals surface area contributed by atoms with Crippen molar-refractivity contribution < 1.29 is 9.18 Å². The lowest BCUT2D eigenvalue weighted by Gasteiger charge is -2.30. The summed E-state index contributed by atoms with van der Waals surface area (Å²) < 4.78 is 15.6. The average Bonchev–Trinajstić information content (AvgIpc) is 3.35. The van der Waals surface area contributed by atoms with Crippen LogP contribution in [-0.2, 0) is 4.79 Å². The molecule has 36 heavy (non-hydrogen) atoms. The highest BCUT2D eigenvalue weighted by Crippen LogP contribution is 2.31. The largest absolute Gasteiger partial charge is 0.348 e. The molecule has 4 aromatic rings. The molecule has 0 saturated carbocycles. The van der Waals surface area contributed by atoms with Crippen LogP contribution < -0.4 is 5.32 Å². The van der Waals surface area contributed by atoms with Crippen molar-refractivity contribution in [3.8, 4) is 17.2 Å². The number of piperidine rings is 1. The van der Waals surface area contributed by atoms with E-state index in [4.69, 9.17) is 9.97 Å². The van der Waals surface area contributed by atoms with Crippen LogP contribution in [0.2, 0.25) is 0 Å². The van der Waals surface area contributed by atoms with Gasteiger partial charge in [0.25, 0.3) is 0 Å². The van der Waals surface area contributed by atoms with E-state index < -0.39 is 0 Å². The predicted molar refractivity (Wildman–Crippen MR) is 137 cm³/mol. The summed E-state index contributed by atoms with van der Waals surface area (Å²) in [5.41, 5.74) is 2.89. The highest BCUT2D eigenvalue weighted by atomic mass is 19.1. The van der Waals surface area contributed by atoms with Gasteiger partial charge in [-0.15, -0.1) is 0 Å². The molecule has 1 aliphatic heterocycles. The predicted octanol–water partition coefficient (Wildman–Crippen LogP) is 5.37. The van der Waals surface area contributed by atoms with Crippen LogP contribution in [0.3, 0.4) is 0 Å². The van der Waals surface area contributed by atoms with Gasteiger partial charge in [-0.05, 0) is 55.7 Å². The number of likely N-dealkylation sites (tertiary alicyclic amines) is 1. The fourth-order valence-corrected chi connectivity index (χ4v) is 4.63. The number of benzene rings is 2. The minimum absolute atomic E-state index is 0.0304. The molecule has 1 N–H and O–H groups in total. The number of anilines is 1. The lowest BCUT2D eigenvalue weighted by Crippen LogP contribution is -2.36. The van der Waals surface area contributed by atoms with Gasteiger partial charge >= 0.3 is 0 Å². The topological polar surface area (TPSA) is 75.9 Å². The van der Waals surface area contributed by atoms with Crippen LogP contribution in [0.4, 0.5) is 10.3 Å². The number of rotatable bonds is 6. The summed E-state index contributed by atoms with van der Waals surface area (Å²) in [4.78, 5) is 27.8. The number of carbonyl (C=O) groups excluding carboxylic acids is 1. The smallest absolute Gasteiger partial charge is 0.225 e. The summed E-state index contributed by atoms with van der Waals surface area (Å²) >= 11 is 0. The number of hydrogen-bond donors (Lipinski definition) is 1. The van der Waals surface area contributed by atoms with Crippen LogP contribution in [-0.4, -0.2) is 43.4 Å². The fraction of sp³-hybridized carbons (Fsp3) is 0.286. The van der Waals surface area contributed by atoms with E-state index in [0.29, 0.717) is 17.6 Å². The summed E-state index contributed by atoms with van der Waals surface area (Å²) in [6.45, 7) is 5.12. The van der Waals surface area contributed by atoms with Gasteiger partial charge in [0.05, 0.1) is 11.7 Å². The van der Waals surface area contributed by atoms with Crippen molar-refractivity contribution in [1.82, 2.24) is 24.4 Å². The van der Waals surface area contributed by atoms with E-state index in [1.54, 1.807) is 25.3 Å². The summed E-state index contributed by atoms with van der Waals surface area (Å²) in [6.07, 6.45) is 5.44. The molecule has 5 rings (SSSR count). The first-order chi connectivity index (χ1) is 17.5. The zero-order valence-corrected chi connectivity index (χ0v) is 20.4. The number of nitrogens with one attached hydrogen (secondary N) is 1. The van der Waals surface area contributed by atoms with Gasteiger partial charge in [0.1, 0.15) is 17.5 Å². The zero-order valence-electron chi connectivity index (χ0n) is 20.4. The molecule has 2 aromatic heterocycles. The van der Waals surface area contributed by atoms with Gasteiger partial charge in [0, 0.05) is 43.9 Å². The summed E-state index contributed by atoms with van der Waals surface area (Å²) in [5, 5.41) is 3.38. The molecule has 7 nitrogen and oxygen atoms in total. The van der Waals surface area contributed by atoms with Crippen molar-refractivity contribution in [2.24, 2.45) is 0 Å². The Hall–Kier alpha value is -4.07. The van der Waals surface area contributed by atoms with Crippen LogP contribution in [0.5, 0.6) is 0 Å². The molecule has 0 radical (unpaired) electrons. The molecular formula is C28H29FN6O. The Morgan fingerprint density at radius 2 is 1.75 bits per heavy atom. The maximum absolute atomic E-state index is 13.6. The quantitative estimate of drug-likeness (QED) is 0.398. The normalized spacial score (nSPS) is 15.0. The van der Waals surface area contributed by atoms with E-state index in [1.807, 2.05) is 39.9 Å². The Morgan fingerprint density at radius 1 is 1.03 bits per heavy atom. The molecule has 1 atom stereocenters. The first-order valence-corrected chi connectivity index (χ1v) is 12.2. The number of hydrogen-bond acceptors (Lipinski definition) is 5. The molecule has 1 amide bonds. The maximum Gasteiger partial charge on any atom is 0.225 e. The van der Waals surface area contributed by atoms with Crippen molar-refractivity contribution in [1.29, 1.82) is 0 Å². The van der Waals surface area contributed by atoms with Crippen molar-refractivity contribution in [2.75, 3.05) is 18.4 Å². The van der Waals surface area contributed by atoms with Crippen LogP contribution >= 0.6 is 0 Å². The van der Waals surface area contributed by atoms with Gasteiger partial charge in [-0.1, -0.05) is 30.3 Å². The number of aromatic nitrogens is 4. The second-order valence-corrected chi connectivity index (χ2v) is 9.16. The highest BCUT2D eigenvalue weighted by molar-refractivity contribution is 5.73. The van der Waals surface area contributed by atoms with Gasteiger partial charge in [-0.3, -0.25) is 9.36 Å². The fourth-order valence-electron chi connectivity index (χ4n) is 4.63. The molecule has 2 aromatic carbocycles. The third kappa shape index (κ3) is 5.12. The number of halogens is 1. The molecule has 0 spiro atoms. The Morgan fingerprint density at radius 3 is 2.44 bits per heavy atom. The maximum atomic E-state index is 13.6. The molecule has 1 fully saturated rings. The van der Waals surface area contributed by atoms with Crippen molar-refractivity contribution in [3.63, 3.8) is 0 Å². The summed E-state index contributed by atoms with van der Waals surface area (Å²) in [7, 11) is 0. The first kappa shape index (κ1) is 23.7. The molecule has 184 valence electrons. The van der Waals surface area contributed by atoms with E-state index in [2.05, 4.69) is 29.4 Å². The summed E-state index contributed by atoms with van der Waals surface area (Å²) in [6, 6.07) is 18.3. The Balaban J connectivity index is 1.47. The second kappa shape index (κ2) is 10.3. The lowest BCUT2D eigenvalue weighted by atomic mass is 9.94. The molecular weight excluding hydrogens is 455 g/mol. The van der Waals surface area contributed by atoms with Gasteiger partial charge in [0.2, 0.25) is 11.9 Å². The molecule has 8 heteroatoms. The number of nitrogens with zero attached hydrogens (tertiary/aromatic N) is 5. The van der Waals surface area contributed by atoms with E-state index in [-0.39, 0.29) is 23.7 Å². The number of amides is 1. The van der Waals surface area contributed by atoms with Crippen molar-refractivity contribution in [2.45, 2.75) is 38.6 Å². The number of imidazole rings is 1. The minimum atomic E-state index is -0.294. The molecule has 0 unspecified atom stereocenters. The monoisotopic (exact) mass is 484 g/mol. The van der Waals surface area contributed by atoms with Crippen LogP contribution in [0.15, 0.2) is 73.1 Å². The Bertz CT molecular complexity index is 1330. The first-order valence-electron chi connectivity index (χ1n) is 12.2. The Labute approximate surface area is 210 Å². The standard InChI is InChI=1S/C28H29FN6O/c1-19(21-6-4-3-5-7-21)31-28-30-15-12-26(33-28)35-18-25(22-13-16-34(17-14-22)20(2)36)32-27(35)23-8-10-24(29)11-9-23/h3-12,15,18-19,22H,13-14,16-17H2,1-2H3,(H,30,31,33)/t19-/m0/s1. The third-order valence-corrected chi connectivity index (χ3v) is 6.72. The van der Waals surface area contributed by atoms with Crippen molar-refractivity contribution in [3.05, 3.63) is 90.1 Å². The molecule has 1 aliphatic rings. The van der Waals surface area contributed by atoms with Gasteiger partial charge in [-0.2, -0.15) is 4.98 Å². The lowest BCUT2D eigenvalue weighted by molar-refractivity contribution is -0.129. The SMILES string of the molecule is CC(=O)N1CCC(c2cn(-c3ccnc(N[C@@H](C)c4ccccc4)n3)c(-c3ccc(F)cc3)n2)CC1. The van der Waals surface area contributed by atoms with Crippen LogP contribution in [0.25, 0.3) is 17.2 Å². The van der Waals surface area contributed by atoms with Gasteiger partial charge < -0.3 is 10.2 Å². The van der Waals surface area contributed by atoms with Crippen molar-refractivity contribution >= 4 is 11.9 Å². The van der Waals surface area contributed by atoms with E-state index >= 15 is 0 Å². The van der Waals surface area contributed by atoms with E-state index in [9.17, 15) is 9.18 Å². The zero-order chi connectivity index (χ0) is 25.1. The third-order valence-electron chi connectivity index (χ3n) is 6.72. The van der Waals surface area contributed by atoms with Gasteiger partial charge in [-0.25, -0.2) is 14.4 Å². The van der Waals surface area contributed by atoms with E-state index in [1.165, 1.54) is 12.1 Å². The molecule has 0 aliphatic carbocycles. The average molecular weight is 485 g/mol. The van der Waals surface area contributed by atoms with Crippen LogP contribution in [0, 0.1) is 5.82 Å². The van der Waals surface area contributed by atoms with E-state index in [0.717, 1.165) is 42.8 Å². The molecule has 1 saturated heterocycles.